The Kier molecular flexibility index (Phi) is 4.08. The topological polar surface area (TPSA) is 90.4 Å². The molecule has 0 aromatic heterocycles. The van der Waals surface area contributed by atoms with E-state index in [9.17, 15) is 19.5 Å². The molecule has 0 aromatic carbocycles. The number of hydrogen-bond acceptors (Lipinski definition) is 4. The summed E-state index contributed by atoms with van der Waals surface area (Å²) in [4.78, 5) is 40.5. The lowest BCUT2D eigenvalue weighted by Crippen LogP contribution is -2.67. The molecule has 1 N–H and O–H groups in total. The summed E-state index contributed by atoms with van der Waals surface area (Å²) >= 11 is 0. The second kappa shape index (κ2) is 5.51. The summed E-state index contributed by atoms with van der Waals surface area (Å²) in [6, 6.07) is -1.42. The van der Waals surface area contributed by atoms with Gasteiger partial charge in [-0.2, -0.15) is 0 Å². The quantitative estimate of drug-likeness (QED) is 0.701. The molecule has 2 aliphatic heterocycles. The Balaban J connectivity index is 2.22. The smallest absolute Gasteiger partial charge is 0.328 e. The zero-order chi connectivity index (χ0) is 15.8. The van der Waals surface area contributed by atoms with Gasteiger partial charge in [0.2, 0.25) is 5.91 Å². The molecule has 2 aliphatic rings. The Hall–Kier alpha value is -1.83. The lowest BCUT2D eigenvalue weighted by molar-refractivity contribution is -0.149. The minimum absolute atomic E-state index is 0.0246. The van der Waals surface area contributed by atoms with E-state index in [1.807, 2.05) is 0 Å². The molecular weight excluding hydrogens is 278 g/mol. The van der Waals surface area contributed by atoms with E-state index in [-0.39, 0.29) is 19.1 Å². The van der Waals surface area contributed by atoms with E-state index in [1.54, 1.807) is 25.8 Å². The van der Waals surface area contributed by atoms with Gasteiger partial charge in [0.05, 0.1) is 13.2 Å². The highest BCUT2D eigenvalue weighted by Gasteiger charge is 2.46. The van der Waals surface area contributed by atoms with Gasteiger partial charge >= 0.3 is 12.0 Å². The maximum atomic E-state index is 12.7. The summed E-state index contributed by atoms with van der Waals surface area (Å²) in [7, 11) is 1.70. The van der Waals surface area contributed by atoms with Gasteiger partial charge in [0.1, 0.15) is 5.54 Å². The lowest BCUT2D eigenvalue weighted by Gasteiger charge is -2.47. The van der Waals surface area contributed by atoms with E-state index >= 15 is 0 Å². The fourth-order valence-electron chi connectivity index (χ4n) is 2.74. The van der Waals surface area contributed by atoms with Gasteiger partial charge in [0.25, 0.3) is 0 Å². The van der Waals surface area contributed by atoms with Crippen LogP contribution in [0.2, 0.25) is 0 Å². The Morgan fingerprint density at radius 2 is 1.95 bits per heavy atom. The molecule has 0 bridgehead atoms. The molecule has 3 amide bonds. The molecule has 0 spiro atoms. The van der Waals surface area contributed by atoms with Crippen molar-refractivity contribution >= 4 is 17.9 Å². The normalized spacial score (nSPS) is 26.0. The summed E-state index contributed by atoms with van der Waals surface area (Å²) in [5, 5.41) is 9.21. The van der Waals surface area contributed by atoms with Gasteiger partial charge in [-0.05, 0) is 13.8 Å². The first kappa shape index (κ1) is 15.6. The maximum Gasteiger partial charge on any atom is 0.328 e. The monoisotopic (exact) mass is 299 g/mol. The van der Waals surface area contributed by atoms with Gasteiger partial charge in [-0.25, -0.2) is 9.59 Å². The molecule has 1 atom stereocenters. The highest BCUT2D eigenvalue weighted by molar-refractivity contribution is 5.92. The first-order valence-electron chi connectivity index (χ1n) is 6.91. The maximum absolute atomic E-state index is 12.7. The van der Waals surface area contributed by atoms with Gasteiger partial charge in [0.15, 0.2) is 6.04 Å². The van der Waals surface area contributed by atoms with E-state index in [1.165, 1.54) is 9.80 Å². The zero-order valence-electron chi connectivity index (χ0n) is 12.5. The molecule has 8 heteroatoms. The van der Waals surface area contributed by atoms with Crippen molar-refractivity contribution in [1.82, 2.24) is 14.7 Å². The average Bonchev–Trinajstić information content (AvgIpc) is 2.44. The van der Waals surface area contributed by atoms with Gasteiger partial charge in [-0.15, -0.1) is 0 Å². The number of aliphatic carboxylic acids is 1. The fraction of sp³-hybridized carbons (Fsp3) is 0.769. The number of likely N-dealkylation sites (N-methyl/N-ethyl adjacent to an activating group) is 1. The number of urea groups is 1. The number of nitrogens with zero attached hydrogens (tertiary/aromatic N) is 3. The molecule has 0 saturated carbocycles. The second-order valence-corrected chi connectivity index (χ2v) is 5.84. The predicted octanol–water partition coefficient (Wildman–Crippen LogP) is -0.556. The number of morpholine rings is 1. The third kappa shape index (κ3) is 2.67. The van der Waals surface area contributed by atoms with Crippen LogP contribution in [-0.2, 0) is 14.3 Å². The van der Waals surface area contributed by atoms with Crippen LogP contribution in [0, 0.1) is 0 Å². The number of carbonyl (C=O) groups excluding carboxylic acids is 2. The SMILES string of the molecule is CN1CCN(C(=O)N2CCOCC2C(=O)O)C(C)(C)C1=O. The van der Waals surface area contributed by atoms with Crippen LogP contribution in [0.5, 0.6) is 0 Å². The molecule has 2 rings (SSSR count). The first-order chi connectivity index (χ1) is 9.76. The molecule has 0 aliphatic carbocycles. The highest BCUT2D eigenvalue weighted by atomic mass is 16.5. The molecule has 118 valence electrons. The number of amides is 3. The zero-order valence-corrected chi connectivity index (χ0v) is 12.5. The summed E-state index contributed by atoms with van der Waals surface area (Å²) in [5.41, 5.74) is -0.981. The van der Waals surface area contributed by atoms with E-state index in [0.717, 1.165) is 0 Å². The molecule has 21 heavy (non-hydrogen) atoms. The number of carbonyl (C=O) groups is 3. The third-order valence-corrected chi connectivity index (χ3v) is 4.09. The highest BCUT2D eigenvalue weighted by Crippen LogP contribution is 2.24. The number of piperazine rings is 1. The van der Waals surface area contributed by atoms with Crippen molar-refractivity contribution in [2.75, 3.05) is 39.9 Å². The van der Waals surface area contributed by atoms with Gasteiger partial charge in [0, 0.05) is 26.7 Å². The number of carboxylic acid groups (broad SMARTS) is 1. The minimum atomic E-state index is -1.10. The largest absolute Gasteiger partial charge is 0.480 e. The van der Waals surface area contributed by atoms with Crippen LogP contribution in [-0.4, -0.2) is 89.2 Å². The van der Waals surface area contributed by atoms with Crippen LogP contribution in [0.4, 0.5) is 4.79 Å². The summed E-state index contributed by atoms with van der Waals surface area (Å²) in [6.45, 7) is 4.68. The van der Waals surface area contributed by atoms with E-state index < -0.39 is 23.6 Å². The van der Waals surface area contributed by atoms with Crippen molar-refractivity contribution in [3.05, 3.63) is 0 Å². The molecule has 0 aromatic rings. The van der Waals surface area contributed by atoms with Crippen LogP contribution >= 0.6 is 0 Å². The number of ether oxygens (including phenoxy) is 1. The first-order valence-corrected chi connectivity index (χ1v) is 6.91. The van der Waals surface area contributed by atoms with Crippen molar-refractivity contribution in [1.29, 1.82) is 0 Å². The van der Waals surface area contributed by atoms with Crippen molar-refractivity contribution in [3.63, 3.8) is 0 Å². The van der Waals surface area contributed by atoms with Crippen LogP contribution < -0.4 is 0 Å². The number of rotatable bonds is 1. The summed E-state index contributed by atoms with van der Waals surface area (Å²) in [6.07, 6.45) is 0. The molecule has 2 fully saturated rings. The Labute approximate surface area is 123 Å². The van der Waals surface area contributed by atoms with E-state index in [2.05, 4.69) is 0 Å². The summed E-state index contributed by atoms with van der Waals surface area (Å²) in [5.74, 6) is -1.25. The second-order valence-electron chi connectivity index (χ2n) is 5.84. The van der Waals surface area contributed by atoms with Crippen molar-refractivity contribution in [3.8, 4) is 0 Å². The van der Waals surface area contributed by atoms with Crippen LogP contribution in [0.15, 0.2) is 0 Å². The molecule has 2 saturated heterocycles. The van der Waals surface area contributed by atoms with Crippen molar-refractivity contribution < 1.29 is 24.2 Å². The molecule has 2 heterocycles. The Morgan fingerprint density at radius 1 is 1.29 bits per heavy atom. The standard InChI is InChI=1S/C13H21N3O5/c1-13(2)11(19)14(3)4-5-16(13)12(20)15-6-7-21-8-9(15)10(17)18/h9H,4-8H2,1-3H3,(H,17,18). The van der Waals surface area contributed by atoms with Crippen molar-refractivity contribution in [2.45, 2.75) is 25.4 Å². The van der Waals surface area contributed by atoms with E-state index in [4.69, 9.17) is 4.74 Å². The van der Waals surface area contributed by atoms with Gasteiger partial charge in [-0.1, -0.05) is 0 Å². The van der Waals surface area contributed by atoms with Crippen LogP contribution in [0.3, 0.4) is 0 Å². The lowest BCUT2D eigenvalue weighted by atomic mass is 9.98. The van der Waals surface area contributed by atoms with E-state index in [0.29, 0.717) is 19.7 Å². The molecule has 0 radical (unpaired) electrons. The third-order valence-electron chi connectivity index (χ3n) is 4.09. The number of hydrogen-bond donors (Lipinski definition) is 1. The fourth-order valence-corrected chi connectivity index (χ4v) is 2.74. The average molecular weight is 299 g/mol. The van der Waals surface area contributed by atoms with Crippen molar-refractivity contribution in [2.24, 2.45) is 0 Å². The Morgan fingerprint density at radius 3 is 2.57 bits per heavy atom. The minimum Gasteiger partial charge on any atom is -0.480 e. The van der Waals surface area contributed by atoms with Gasteiger partial charge < -0.3 is 24.5 Å². The predicted molar refractivity (Wildman–Crippen MR) is 72.8 cm³/mol. The molecular formula is C13H21N3O5. The Bertz CT molecular complexity index is 465. The molecule has 8 nitrogen and oxygen atoms in total. The summed E-state index contributed by atoms with van der Waals surface area (Å²) < 4.78 is 5.13. The van der Waals surface area contributed by atoms with Crippen LogP contribution in [0.25, 0.3) is 0 Å². The van der Waals surface area contributed by atoms with Gasteiger partial charge in [-0.3, -0.25) is 4.79 Å². The number of carboxylic acids is 1. The van der Waals surface area contributed by atoms with Crippen LogP contribution in [0.1, 0.15) is 13.8 Å². The molecule has 1 unspecified atom stereocenters.